The highest BCUT2D eigenvalue weighted by Crippen LogP contribution is 2.23. The Morgan fingerprint density at radius 2 is 1.77 bits per heavy atom. The standard InChI is InChI=1S/C17H33N3O.ClH/c1-3-20(16-7-5-4-6-8-16)17(21)14-19-11-9-15(10-12-19)13-18-2;/h15-16,18H,3-14H2,1-2H3;1H. The minimum Gasteiger partial charge on any atom is -0.339 e. The fourth-order valence-electron chi connectivity index (χ4n) is 3.95. The fourth-order valence-corrected chi connectivity index (χ4v) is 3.95. The van der Waals surface area contributed by atoms with Gasteiger partial charge in [0, 0.05) is 12.6 Å². The topological polar surface area (TPSA) is 35.6 Å². The third kappa shape index (κ3) is 5.71. The van der Waals surface area contributed by atoms with Gasteiger partial charge in [-0.05, 0) is 65.2 Å². The van der Waals surface area contributed by atoms with Crippen LogP contribution in [0, 0.1) is 5.92 Å². The van der Waals surface area contributed by atoms with E-state index in [0.717, 1.165) is 32.1 Å². The van der Waals surface area contributed by atoms with Gasteiger partial charge in [0.05, 0.1) is 6.54 Å². The first-order valence-electron chi connectivity index (χ1n) is 8.91. The normalized spacial score (nSPS) is 21.4. The van der Waals surface area contributed by atoms with Gasteiger partial charge < -0.3 is 10.2 Å². The summed E-state index contributed by atoms with van der Waals surface area (Å²) in [7, 11) is 2.03. The molecule has 1 heterocycles. The molecule has 2 fully saturated rings. The van der Waals surface area contributed by atoms with Crippen LogP contribution < -0.4 is 5.32 Å². The van der Waals surface area contributed by atoms with E-state index < -0.39 is 0 Å². The Labute approximate surface area is 142 Å². The quantitative estimate of drug-likeness (QED) is 0.812. The number of carbonyl (C=O) groups is 1. The van der Waals surface area contributed by atoms with Crippen molar-refractivity contribution < 1.29 is 4.79 Å². The van der Waals surface area contributed by atoms with Gasteiger partial charge in [0.15, 0.2) is 0 Å². The van der Waals surface area contributed by atoms with E-state index in [4.69, 9.17) is 0 Å². The molecule has 1 saturated carbocycles. The molecule has 0 unspecified atom stereocenters. The number of hydrogen-bond donors (Lipinski definition) is 1. The van der Waals surface area contributed by atoms with Crippen molar-refractivity contribution in [3.63, 3.8) is 0 Å². The third-order valence-electron chi connectivity index (χ3n) is 5.24. The van der Waals surface area contributed by atoms with Crippen LogP contribution in [0.3, 0.4) is 0 Å². The zero-order valence-corrected chi connectivity index (χ0v) is 15.2. The smallest absolute Gasteiger partial charge is 0.236 e. The molecule has 130 valence electrons. The Bertz CT molecular complexity index is 313. The Balaban J connectivity index is 0.00000242. The lowest BCUT2D eigenvalue weighted by Gasteiger charge is -2.37. The highest BCUT2D eigenvalue weighted by atomic mass is 35.5. The van der Waals surface area contributed by atoms with Crippen LogP contribution in [0.5, 0.6) is 0 Å². The molecular formula is C17H34ClN3O. The number of halogens is 1. The molecule has 1 aliphatic heterocycles. The van der Waals surface area contributed by atoms with Crippen LogP contribution in [-0.2, 0) is 4.79 Å². The van der Waals surface area contributed by atoms with Gasteiger partial charge in [0.1, 0.15) is 0 Å². The molecule has 0 aromatic rings. The Hall–Kier alpha value is -0.320. The van der Waals surface area contributed by atoms with E-state index in [-0.39, 0.29) is 12.4 Å². The van der Waals surface area contributed by atoms with E-state index in [1.807, 2.05) is 7.05 Å². The van der Waals surface area contributed by atoms with Gasteiger partial charge in [-0.25, -0.2) is 0 Å². The number of nitrogens with zero attached hydrogens (tertiary/aromatic N) is 2. The number of likely N-dealkylation sites (N-methyl/N-ethyl adjacent to an activating group) is 1. The maximum atomic E-state index is 12.6. The molecule has 2 rings (SSSR count). The van der Waals surface area contributed by atoms with E-state index in [9.17, 15) is 4.79 Å². The number of likely N-dealkylation sites (tertiary alicyclic amines) is 1. The molecule has 0 spiro atoms. The van der Waals surface area contributed by atoms with Crippen molar-refractivity contribution in [3.8, 4) is 0 Å². The largest absolute Gasteiger partial charge is 0.339 e. The van der Waals surface area contributed by atoms with Crippen molar-refractivity contribution in [2.75, 3.05) is 39.8 Å². The zero-order valence-electron chi connectivity index (χ0n) is 14.4. The van der Waals surface area contributed by atoms with Crippen molar-refractivity contribution in [2.45, 2.75) is 57.9 Å². The Morgan fingerprint density at radius 3 is 2.32 bits per heavy atom. The van der Waals surface area contributed by atoms with Gasteiger partial charge in [-0.1, -0.05) is 19.3 Å². The molecule has 0 aromatic carbocycles. The second-order valence-corrected chi connectivity index (χ2v) is 6.75. The first-order valence-corrected chi connectivity index (χ1v) is 8.91. The summed E-state index contributed by atoms with van der Waals surface area (Å²) >= 11 is 0. The van der Waals surface area contributed by atoms with Crippen molar-refractivity contribution in [1.82, 2.24) is 15.1 Å². The van der Waals surface area contributed by atoms with Gasteiger partial charge in [-0.15, -0.1) is 12.4 Å². The van der Waals surface area contributed by atoms with Gasteiger partial charge in [0.25, 0.3) is 0 Å². The van der Waals surface area contributed by atoms with Crippen LogP contribution in [0.4, 0.5) is 0 Å². The average Bonchev–Trinajstić information content (AvgIpc) is 2.51. The SMILES string of the molecule is CCN(C(=O)CN1CCC(CNC)CC1)C1CCCCC1.Cl. The summed E-state index contributed by atoms with van der Waals surface area (Å²) in [5.74, 6) is 1.15. The monoisotopic (exact) mass is 331 g/mol. The second kappa shape index (κ2) is 10.5. The first-order chi connectivity index (χ1) is 10.2. The minimum absolute atomic E-state index is 0. The van der Waals surface area contributed by atoms with Crippen LogP contribution in [0.1, 0.15) is 51.9 Å². The van der Waals surface area contributed by atoms with Crippen molar-refractivity contribution in [3.05, 3.63) is 0 Å². The van der Waals surface area contributed by atoms with Crippen LogP contribution in [0.25, 0.3) is 0 Å². The summed E-state index contributed by atoms with van der Waals surface area (Å²) in [6, 6.07) is 0.512. The van der Waals surface area contributed by atoms with Crippen molar-refractivity contribution in [1.29, 1.82) is 0 Å². The van der Waals surface area contributed by atoms with E-state index in [0.29, 0.717) is 18.5 Å². The van der Waals surface area contributed by atoms with Crippen LogP contribution in [-0.4, -0.2) is 61.5 Å². The number of piperidine rings is 1. The molecule has 4 nitrogen and oxygen atoms in total. The zero-order chi connectivity index (χ0) is 15.1. The molecule has 1 aliphatic carbocycles. The number of amides is 1. The van der Waals surface area contributed by atoms with Crippen molar-refractivity contribution in [2.24, 2.45) is 5.92 Å². The van der Waals surface area contributed by atoms with Crippen LogP contribution in [0.2, 0.25) is 0 Å². The van der Waals surface area contributed by atoms with Gasteiger partial charge in [0.2, 0.25) is 5.91 Å². The number of hydrogen-bond acceptors (Lipinski definition) is 3. The van der Waals surface area contributed by atoms with E-state index in [1.54, 1.807) is 0 Å². The third-order valence-corrected chi connectivity index (χ3v) is 5.24. The molecule has 0 bridgehead atoms. The Morgan fingerprint density at radius 1 is 1.14 bits per heavy atom. The molecule has 1 N–H and O–H groups in total. The van der Waals surface area contributed by atoms with Crippen LogP contribution >= 0.6 is 12.4 Å². The fraction of sp³-hybridized carbons (Fsp3) is 0.941. The van der Waals surface area contributed by atoms with Gasteiger partial charge >= 0.3 is 0 Å². The molecule has 1 amide bonds. The molecule has 0 radical (unpaired) electrons. The second-order valence-electron chi connectivity index (χ2n) is 6.75. The summed E-state index contributed by atoms with van der Waals surface area (Å²) in [6.45, 7) is 6.92. The van der Waals surface area contributed by atoms with Crippen LogP contribution in [0.15, 0.2) is 0 Å². The highest BCUT2D eigenvalue weighted by Gasteiger charge is 2.26. The molecule has 2 aliphatic rings. The molecule has 1 saturated heterocycles. The predicted molar refractivity (Wildman–Crippen MR) is 94.6 cm³/mol. The predicted octanol–water partition coefficient (Wildman–Crippen LogP) is 2.52. The number of rotatable bonds is 6. The number of nitrogens with one attached hydrogen (secondary N) is 1. The van der Waals surface area contributed by atoms with Gasteiger partial charge in [-0.2, -0.15) is 0 Å². The number of carbonyl (C=O) groups excluding carboxylic acids is 1. The summed E-state index contributed by atoms with van der Waals surface area (Å²) in [5, 5.41) is 3.27. The lowest BCUT2D eigenvalue weighted by molar-refractivity contribution is -0.135. The molecule has 0 aromatic heterocycles. The van der Waals surface area contributed by atoms with Crippen molar-refractivity contribution >= 4 is 18.3 Å². The lowest BCUT2D eigenvalue weighted by Crippen LogP contribution is -2.48. The van der Waals surface area contributed by atoms with Gasteiger partial charge in [-0.3, -0.25) is 9.69 Å². The highest BCUT2D eigenvalue weighted by molar-refractivity contribution is 5.85. The molecule has 5 heteroatoms. The maximum Gasteiger partial charge on any atom is 0.236 e. The van der Waals surface area contributed by atoms with E-state index >= 15 is 0 Å². The Kier molecular flexibility index (Phi) is 9.37. The molecular weight excluding hydrogens is 298 g/mol. The molecule has 0 atom stereocenters. The summed E-state index contributed by atoms with van der Waals surface area (Å²) in [6.07, 6.45) is 8.82. The minimum atomic E-state index is 0. The maximum absolute atomic E-state index is 12.6. The summed E-state index contributed by atoms with van der Waals surface area (Å²) in [4.78, 5) is 17.1. The van der Waals surface area contributed by atoms with E-state index in [2.05, 4.69) is 22.0 Å². The first kappa shape index (κ1) is 19.7. The summed E-state index contributed by atoms with van der Waals surface area (Å²) in [5.41, 5.74) is 0. The van der Waals surface area contributed by atoms with E-state index in [1.165, 1.54) is 44.9 Å². The lowest BCUT2D eigenvalue weighted by atomic mass is 9.94. The average molecular weight is 332 g/mol. The summed E-state index contributed by atoms with van der Waals surface area (Å²) < 4.78 is 0. The molecule has 22 heavy (non-hydrogen) atoms.